The van der Waals surface area contributed by atoms with Gasteiger partial charge in [-0.3, -0.25) is 0 Å². The fourth-order valence-corrected chi connectivity index (χ4v) is 2.50. The predicted octanol–water partition coefficient (Wildman–Crippen LogP) is 1.15. The fourth-order valence-electron chi connectivity index (χ4n) is 1.59. The molecule has 0 amide bonds. The highest BCUT2D eigenvalue weighted by molar-refractivity contribution is 7.10. The Kier molecular flexibility index (Phi) is 2.66. The Morgan fingerprint density at radius 2 is 2.54 bits per heavy atom. The van der Waals surface area contributed by atoms with Crippen molar-refractivity contribution in [2.45, 2.75) is 18.9 Å². The minimum absolute atomic E-state index is 0.178. The van der Waals surface area contributed by atoms with Crippen LogP contribution in [0.4, 0.5) is 5.13 Å². The molecule has 1 atom stereocenters. The van der Waals surface area contributed by atoms with Crippen LogP contribution < -0.4 is 4.90 Å². The van der Waals surface area contributed by atoms with Gasteiger partial charge in [0.2, 0.25) is 10.4 Å². The summed E-state index contributed by atoms with van der Waals surface area (Å²) < 4.78 is 3.90. The number of anilines is 1. The SMILES string of the molecule is OC[C@H]1CCCN1c1nc(Cl)ns1. The van der Waals surface area contributed by atoms with Crippen molar-refractivity contribution in [3.63, 3.8) is 0 Å². The number of aromatic nitrogens is 2. The molecule has 0 aliphatic carbocycles. The van der Waals surface area contributed by atoms with Crippen LogP contribution in [0.25, 0.3) is 0 Å². The van der Waals surface area contributed by atoms with E-state index >= 15 is 0 Å². The third-order valence-corrected chi connectivity index (χ3v) is 3.25. The molecule has 1 fully saturated rings. The molecule has 2 heterocycles. The third kappa shape index (κ3) is 1.77. The van der Waals surface area contributed by atoms with Gasteiger partial charge in [-0.25, -0.2) is 0 Å². The van der Waals surface area contributed by atoms with Crippen molar-refractivity contribution < 1.29 is 5.11 Å². The van der Waals surface area contributed by atoms with Crippen molar-refractivity contribution in [3.05, 3.63) is 5.28 Å². The first-order valence-electron chi connectivity index (χ1n) is 4.18. The van der Waals surface area contributed by atoms with E-state index in [2.05, 4.69) is 14.3 Å². The smallest absolute Gasteiger partial charge is 0.236 e. The fraction of sp³-hybridized carbons (Fsp3) is 0.714. The zero-order chi connectivity index (χ0) is 9.26. The summed E-state index contributed by atoms with van der Waals surface area (Å²) in [6.45, 7) is 1.12. The molecule has 1 aliphatic heterocycles. The van der Waals surface area contributed by atoms with Gasteiger partial charge < -0.3 is 10.0 Å². The number of nitrogens with zero attached hydrogens (tertiary/aromatic N) is 3. The van der Waals surface area contributed by atoms with Crippen LogP contribution in [0, 0.1) is 0 Å². The Labute approximate surface area is 85.3 Å². The van der Waals surface area contributed by atoms with Crippen LogP contribution in [0.3, 0.4) is 0 Å². The molecule has 1 aliphatic rings. The zero-order valence-electron chi connectivity index (χ0n) is 6.98. The van der Waals surface area contributed by atoms with Crippen LogP contribution in [-0.4, -0.2) is 33.7 Å². The van der Waals surface area contributed by atoms with Crippen molar-refractivity contribution in [2.75, 3.05) is 18.1 Å². The van der Waals surface area contributed by atoms with Crippen molar-refractivity contribution >= 4 is 28.3 Å². The summed E-state index contributed by atoms with van der Waals surface area (Å²) in [4.78, 5) is 6.15. The summed E-state index contributed by atoms with van der Waals surface area (Å²) in [6.07, 6.45) is 2.12. The first-order valence-corrected chi connectivity index (χ1v) is 5.33. The van der Waals surface area contributed by atoms with E-state index in [1.165, 1.54) is 11.5 Å². The monoisotopic (exact) mass is 219 g/mol. The largest absolute Gasteiger partial charge is 0.394 e. The summed E-state index contributed by atoms with van der Waals surface area (Å²) in [5, 5.41) is 10.2. The van der Waals surface area contributed by atoms with Crippen molar-refractivity contribution in [3.8, 4) is 0 Å². The molecular formula is C7H10ClN3OS. The van der Waals surface area contributed by atoms with E-state index in [0.717, 1.165) is 24.5 Å². The highest BCUT2D eigenvalue weighted by Gasteiger charge is 2.26. The van der Waals surface area contributed by atoms with Gasteiger partial charge in [0.15, 0.2) is 0 Å². The maximum absolute atomic E-state index is 9.09. The second-order valence-electron chi connectivity index (χ2n) is 3.02. The molecule has 0 radical (unpaired) electrons. The summed E-state index contributed by atoms with van der Waals surface area (Å²) in [7, 11) is 0. The Morgan fingerprint density at radius 1 is 1.69 bits per heavy atom. The van der Waals surface area contributed by atoms with E-state index in [9.17, 15) is 0 Å². The van der Waals surface area contributed by atoms with Gasteiger partial charge in [-0.05, 0) is 24.4 Å². The summed E-state index contributed by atoms with van der Waals surface area (Å²) in [5.74, 6) is 0. The maximum atomic E-state index is 9.09. The van der Waals surface area contributed by atoms with E-state index in [1.54, 1.807) is 0 Å². The first kappa shape index (κ1) is 9.18. The van der Waals surface area contributed by atoms with Crippen molar-refractivity contribution in [1.82, 2.24) is 9.36 Å². The van der Waals surface area contributed by atoms with Gasteiger partial charge >= 0.3 is 0 Å². The van der Waals surface area contributed by atoms with Crippen LogP contribution in [-0.2, 0) is 0 Å². The minimum atomic E-state index is 0.178. The summed E-state index contributed by atoms with van der Waals surface area (Å²) in [5.41, 5.74) is 0. The molecule has 13 heavy (non-hydrogen) atoms. The number of rotatable bonds is 2. The van der Waals surface area contributed by atoms with Gasteiger partial charge in [-0.1, -0.05) is 0 Å². The van der Waals surface area contributed by atoms with E-state index in [-0.39, 0.29) is 12.6 Å². The number of aliphatic hydroxyl groups excluding tert-OH is 1. The molecule has 6 heteroatoms. The van der Waals surface area contributed by atoms with E-state index in [4.69, 9.17) is 16.7 Å². The highest BCUT2D eigenvalue weighted by atomic mass is 35.5. The molecule has 72 valence electrons. The molecule has 4 nitrogen and oxygen atoms in total. The van der Waals surface area contributed by atoms with Gasteiger partial charge in [0.05, 0.1) is 12.6 Å². The second-order valence-corrected chi connectivity index (χ2v) is 4.09. The zero-order valence-corrected chi connectivity index (χ0v) is 8.55. The van der Waals surface area contributed by atoms with Gasteiger partial charge in [0, 0.05) is 18.1 Å². The van der Waals surface area contributed by atoms with Crippen LogP contribution in [0.1, 0.15) is 12.8 Å². The lowest BCUT2D eigenvalue weighted by Crippen LogP contribution is -2.31. The Hall–Kier alpha value is -0.390. The summed E-state index contributed by atoms with van der Waals surface area (Å²) in [6, 6.07) is 0.198. The average molecular weight is 220 g/mol. The van der Waals surface area contributed by atoms with Crippen LogP contribution in [0.5, 0.6) is 0 Å². The van der Waals surface area contributed by atoms with Gasteiger partial charge in [0.1, 0.15) is 0 Å². The number of aliphatic hydroxyl groups is 1. The van der Waals surface area contributed by atoms with Crippen LogP contribution >= 0.6 is 23.1 Å². The quantitative estimate of drug-likeness (QED) is 0.811. The van der Waals surface area contributed by atoms with E-state index in [0.29, 0.717) is 5.28 Å². The third-order valence-electron chi connectivity index (χ3n) is 2.22. The Bertz CT molecular complexity index is 293. The lowest BCUT2D eigenvalue weighted by Gasteiger charge is -2.20. The van der Waals surface area contributed by atoms with E-state index in [1.807, 2.05) is 0 Å². The standard InChI is InChI=1S/C7H10ClN3OS/c8-6-9-7(13-10-6)11-3-1-2-5(11)4-12/h5,12H,1-4H2/t5-/m1/s1. The van der Waals surface area contributed by atoms with Crippen LogP contribution in [0.15, 0.2) is 0 Å². The average Bonchev–Trinajstić information content (AvgIpc) is 2.71. The second kappa shape index (κ2) is 3.77. The molecule has 2 rings (SSSR count). The van der Waals surface area contributed by atoms with Crippen LogP contribution in [0.2, 0.25) is 5.28 Å². The number of halogens is 1. The summed E-state index contributed by atoms with van der Waals surface area (Å²) >= 11 is 6.92. The molecule has 1 saturated heterocycles. The molecule has 0 saturated carbocycles. The lowest BCUT2D eigenvalue weighted by molar-refractivity contribution is 0.266. The molecule has 1 aromatic heterocycles. The highest BCUT2D eigenvalue weighted by Crippen LogP contribution is 2.27. The first-order chi connectivity index (χ1) is 6.31. The molecule has 1 N–H and O–H groups in total. The minimum Gasteiger partial charge on any atom is -0.394 e. The number of hydrogen-bond acceptors (Lipinski definition) is 5. The van der Waals surface area contributed by atoms with E-state index < -0.39 is 0 Å². The predicted molar refractivity (Wildman–Crippen MR) is 52.4 cm³/mol. The maximum Gasteiger partial charge on any atom is 0.236 e. The normalized spacial score (nSPS) is 22.6. The molecule has 0 aromatic carbocycles. The topological polar surface area (TPSA) is 49.2 Å². The van der Waals surface area contributed by atoms with Gasteiger partial charge in [-0.2, -0.15) is 9.36 Å². The molecule has 1 aromatic rings. The molecule has 0 unspecified atom stereocenters. The molecular weight excluding hydrogens is 210 g/mol. The van der Waals surface area contributed by atoms with Gasteiger partial charge in [-0.15, -0.1) is 0 Å². The molecule has 0 spiro atoms. The Morgan fingerprint density at radius 3 is 3.15 bits per heavy atom. The molecule has 0 bridgehead atoms. The lowest BCUT2D eigenvalue weighted by atomic mass is 10.2. The van der Waals surface area contributed by atoms with Gasteiger partial charge in [0.25, 0.3) is 0 Å². The van der Waals surface area contributed by atoms with Crippen molar-refractivity contribution in [2.24, 2.45) is 0 Å². The van der Waals surface area contributed by atoms with Crippen molar-refractivity contribution in [1.29, 1.82) is 0 Å². The Balaban J connectivity index is 2.15. The number of hydrogen-bond donors (Lipinski definition) is 1.